The molecule has 14 heavy (non-hydrogen) atoms. The Balaban J connectivity index is 2.89. The van der Waals surface area contributed by atoms with Crippen molar-refractivity contribution in [1.82, 2.24) is 0 Å². The van der Waals surface area contributed by atoms with E-state index >= 15 is 0 Å². The van der Waals surface area contributed by atoms with E-state index in [0.29, 0.717) is 5.39 Å². The average Bonchev–Trinajstić information content (AvgIpc) is 2.18. The number of benzene rings is 1. The van der Waals surface area contributed by atoms with Crippen LogP contribution in [-0.4, -0.2) is 10.4 Å². The molecule has 3 nitrogen and oxygen atoms in total. The smallest absolute Gasteiger partial charge is 0.437 e. The number of rotatable bonds is 1. The van der Waals surface area contributed by atoms with E-state index in [-0.39, 0.29) is 4.74 Å². The first-order valence-corrected chi connectivity index (χ1v) is 5.26. The zero-order chi connectivity index (χ0) is 10.1. The van der Waals surface area contributed by atoms with Crippen LogP contribution in [0.3, 0.4) is 0 Å². The Morgan fingerprint density at radius 3 is 2.64 bits per heavy atom. The Morgan fingerprint density at radius 2 is 1.93 bits per heavy atom. The fourth-order valence-electron chi connectivity index (χ4n) is 1.29. The van der Waals surface area contributed by atoms with Crippen molar-refractivity contribution < 1.29 is 9.90 Å². The lowest BCUT2D eigenvalue weighted by atomic mass is 10.2. The Kier molecular flexibility index (Phi) is 2.05. The first kappa shape index (κ1) is 8.90. The number of hydrogen-bond acceptors (Lipinski definition) is 2. The van der Waals surface area contributed by atoms with Crippen LogP contribution in [0.2, 0.25) is 0 Å². The van der Waals surface area contributed by atoms with Crippen LogP contribution >= 0.6 is 10.5 Å². The molecule has 0 saturated heterocycles. The van der Waals surface area contributed by atoms with Gasteiger partial charge in [-0.25, -0.2) is 4.79 Å². The summed E-state index contributed by atoms with van der Waals surface area (Å²) < 4.78 is -0.310. The largest absolute Gasteiger partial charge is 0.555 e. The van der Waals surface area contributed by atoms with Crippen LogP contribution in [0, 0.1) is 0 Å². The molecule has 1 atom stereocenters. The van der Waals surface area contributed by atoms with Gasteiger partial charge in [-0.1, -0.05) is 18.2 Å². The minimum atomic E-state index is -1.31. The standard InChI is InChI=1S/C10H6O3S/c11-9-8-4-2-1-3-7(8)5-6-14(9)10(12)13/h1-6H/p+1. The summed E-state index contributed by atoms with van der Waals surface area (Å²) in [5.41, 5.74) is 0. The van der Waals surface area contributed by atoms with Crippen LogP contribution in [-0.2, 0) is 0 Å². The molecule has 0 bridgehead atoms. The van der Waals surface area contributed by atoms with Gasteiger partial charge in [0.15, 0.2) is 5.38 Å². The zero-order valence-electron chi connectivity index (χ0n) is 7.14. The van der Waals surface area contributed by atoms with Gasteiger partial charge < -0.3 is 5.11 Å². The molecule has 0 radical (unpaired) electrons. The summed E-state index contributed by atoms with van der Waals surface area (Å²) in [5, 5.41) is 10.5. The van der Waals surface area contributed by atoms with Crippen LogP contribution in [0.4, 0.5) is 4.79 Å². The highest BCUT2D eigenvalue weighted by atomic mass is 32.2. The second kappa shape index (κ2) is 3.23. The van der Waals surface area contributed by atoms with E-state index in [1.54, 1.807) is 24.3 Å². The fraction of sp³-hybridized carbons (Fsp3) is 0. The van der Waals surface area contributed by atoms with E-state index in [4.69, 9.17) is 5.11 Å². The molecule has 2 aromatic rings. The van der Waals surface area contributed by atoms with E-state index in [9.17, 15) is 9.59 Å². The molecule has 0 spiro atoms. The molecule has 1 unspecified atom stereocenters. The Morgan fingerprint density at radius 1 is 1.21 bits per heavy atom. The van der Waals surface area contributed by atoms with Gasteiger partial charge in [-0.3, -0.25) is 0 Å². The lowest BCUT2D eigenvalue weighted by molar-refractivity contribution is 0.221. The maximum Gasteiger partial charge on any atom is 0.555 e. The minimum Gasteiger partial charge on any atom is -0.437 e. The molecular formula is C10H7O3S+. The summed E-state index contributed by atoms with van der Waals surface area (Å²) in [5.74, 6) is 0. The highest BCUT2D eigenvalue weighted by Crippen LogP contribution is 2.17. The quantitative estimate of drug-likeness (QED) is 0.731. The summed E-state index contributed by atoms with van der Waals surface area (Å²) in [7, 11) is -1.31. The molecule has 0 saturated carbocycles. The van der Waals surface area contributed by atoms with Crippen LogP contribution in [0.1, 0.15) is 0 Å². The van der Waals surface area contributed by atoms with Crippen molar-refractivity contribution in [3.8, 4) is 0 Å². The predicted molar refractivity (Wildman–Crippen MR) is 56.1 cm³/mol. The molecule has 1 aromatic heterocycles. The maximum absolute atomic E-state index is 11.6. The molecule has 0 fully saturated rings. The molecule has 1 aromatic carbocycles. The Labute approximate surface area is 82.2 Å². The third kappa shape index (κ3) is 1.29. The SMILES string of the molecule is O=C(O)[s+]1ccc2ccccc2c1=O. The van der Waals surface area contributed by atoms with E-state index in [0.717, 1.165) is 5.39 Å². The molecule has 1 N–H and O–H groups in total. The second-order valence-electron chi connectivity index (χ2n) is 2.78. The summed E-state index contributed by atoms with van der Waals surface area (Å²) in [6.45, 7) is 0. The lowest BCUT2D eigenvalue weighted by Gasteiger charge is -1.90. The maximum atomic E-state index is 11.6. The van der Waals surface area contributed by atoms with Crippen LogP contribution in [0.25, 0.3) is 10.8 Å². The average molecular weight is 207 g/mol. The first-order chi connectivity index (χ1) is 6.70. The second-order valence-corrected chi connectivity index (χ2v) is 4.45. The number of carbonyl (C=O) groups is 1. The fourth-order valence-corrected chi connectivity index (χ4v) is 2.39. The van der Waals surface area contributed by atoms with Gasteiger partial charge in [-0.15, -0.1) is 0 Å². The van der Waals surface area contributed by atoms with Crippen molar-refractivity contribution in [3.63, 3.8) is 0 Å². The number of carboxylic acid groups (broad SMARTS) is 1. The Hall–Kier alpha value is -1.68. The molecular weight excluding hydrogens is 200 g/mol. The molecule has 70 valence electrons. The minimum absolute atomic E-state index is 0.310. The summed E-state index contributed by atoms with van der Waals surface area (Å²) in [6, 6.07) is 8.70. The van der Waals surface area contributed by atoms with Gasteiger partial charge in [0, 0.05) is 0 Å². The third-order valence-electron chi connectivity index (χ3n) is 1.95. The van der Waals surface area contributed by atoms with E-state index in [1.165, 1.54) is 5.38 Å². The number of hydrogen-bond donors (Lipinski definition) is 1. The highest BCUT2D eigenvalue weighted by molar-refractivity contribution is 7.47. The lowest BCUT2D eigenvalue weighted by Crippen LogP contribution is -2.04. The topological polar surface area (TPSA) is 54.4 Å². The number of fused-ring (bicyclic) bond motifs is 1. The van der Waals surface area contributed by atoms with Gasteiger partial charge in [0.05, 0.1) is 5.39 Å². The Bertz CT molecular complexity index is 557. The van der Waals surface area contributed by atoms with Gasteiger partial charge in [0.2, 0.25) is 0 Å². The summed E-state index contributed by atoms with van der Waals surface area (Å²) in [6.07, 6.45) is 0. The molecule has 4 heteroatoms. The van der Waals surface area contributed by atoms with Crippen molar-refractivity contribution in [2.24, 2.45) is 0 Å². The summed E-state index contributed by atoms with van der Waals surface area (Å²) in [4.78, 5) is 22.4. The normalized spacial score (nSPS) is 11.6. The molecule has 1 heterocycles. The van der Waals surface area contributed by atoms with Crippen LogP contribution < -0.4 is 4.74 Å². The van der Waals surface area contributed by atoms with Crippen molar-refractivity contribution in [3.05, 3.63) is 45.2 Å². The molecule has 0 aliphatic rings. The molecule has 0 amide bonds. The van der Waals surface area contributed by atoms with Crippen molar-refractivity contribution in [1.29, 1.82) is 0 Å². The predicted octanol–water partition coefficient (Wildman–Crippen LogP) is 2.48. The van der Waals surface area contributed by atoms with E-state index in [1.807, 2.05) is 6.07 Å². The van der Waals surface area contributed by atoms with Gasteiger partial charge in [-0.05, 0) is 17.5 Å². The zero-order valence-corrected chi connectivity index (χ0v) is 7.95. The molecule has 2 rings (SSSR count). The summed E-state index contributed by atoms with van der Waals surface area (Å²) >= 11 is 0. The van der Waals surface area contributed by atoms with E-state index < -0.39 is 15.8 Å². The third-order valence-corrected chi connectivity index (χ3v) is 3.36. The molecule has 0 aliphatic heterocycles. The van der Waals surface area contributed by atoms with Gasteiger partial charge in [0.1, 0.15) is 10.5 Å². The first-order valence-electron chi connectivity index (χ1n) is 3.98. The van der Waals surface area contributed by atoms with Gasteiger partial charge in [0.25, 0.3) is 0 Å². The van der Waals surface area contributed by atoms with E-state index in [2.05, 4.69) is 0 Å². The van der Waals surface area contributed by atoms with Crippen molar-refractivity contribution in [2.45, 2.75) is 0 Å². The van der Waals surface area contributed by atoms with Crippen molar-refractivity contribution in [2.75, 3.05) is 0 Å². The monoisotopic (exact) mass is 207 g/mol. The van der Waals surface area contributed by atoms with Crippen LogP contribution in [0.15, 0.2) is 40.5 Å². The van der Waals surface area contributed by atoms with Gasteiger partial charge in [-0.2, -0.15) is 4.79 Å². The molecule has 0 aliphatic carbocycles. The van der Waals surface area contributed by atoms with Crippen LogP contribution in [0.5, 0.6) is 0 Å². The highest BCUT2D eigenvalue weighted by Gasteiger charge is 2.20. The van der Waals surface area contributed by atoms with Gasteiger partial charge >= 0.3 is 10.0 Å². The van der Waals surface area contributed by atoms with Crippen molar-refractivity contribution >= 4 is 26.5 Å².